The first kappa shape index (κ1) is 21.2. The smallest absolute Gasteiger partial charge is 0.339 e. The van der Waals surface area contributed by atoms with Gasteiger partial charge in [0.2, 0.25) is 0 Å². The molecule has 2 aromatic carbocycles. The van der Waals surface area contributed by atoms with Gasteiger partial charge in [-0.2, -0.15) is 5.26 Å². The van der Waals surface area contributed by atoms with Gasteiger partial charge in [0.15, 0.2) is 18.1 Å². The van der Waals surface area contributed by atoms with E-state index in [2.05, 4.69) is 0 Å². The molecular formula is C23H24N2O5. The maximum absolute atomic E-state index is 12.8. The standard InChI is InChI=1S/C23H24N2O5/c1-15-11-16(2)22(17(3)12-15)23(27)30-14-21(26)25(8-4-7-24)18-5-6-19-20(13-18)29-10-9-28-19/h5-6,11-13H,4,8-10,14H2,1-3H3. The number of hydrogen-bond donors (Lipinski definition) is 0. The van der Waals surface area contributed by atoms with Crippen molar-refractivity contribution in [1.29, 1.82) is 5.26 Å². The van der Waals surface area contributed by atoms with Gasteiger partial charge >= 0.3 is 5.97 Å². The highest BCUT2D eigenvalue weighted by molar-refractivity contribution is 5.98. The van der Waals surface area contributed by atoms with E-state index in [1.165, 1.54) is 4.90 Å². The largest absolute Gasteiger partial charge is 0.486 e. The molecule has 3 rings (SSSR count). The van der Waals surface area contributed by atoms with Crippen molar-refractivity contribution >= 4 is 17.6 Å². The molecule has 30 heavy (non-hydrogen) atoms. The molecule has 156 valence electrons. The molecule has 7 heteroatoms. The number of carbonyl (C=O) groups is 2. The third kappa shape index (κ3) is 4.71. The minimum Gasteiger partial charge on any atom is -0.486 e. The highest BCUT2D eigenvalue weighted by Crippen LogP contribution is 2.34. The molecule has 7 nitrogen and oxygen atoms in total. The molecule has 1 amide bonds. The zero-order chi connectivity index (χ0) is 21.7. The summed E-state index contributed by atoms with van der Waals surface area (Å²) in [6.07, 6.45) is 0.143. The molecule has 0 N–H and O–H groups in total. The number of hydrogen-bond acceptors (Lipinski definition) is 6. The van der Waals surface area contributed by atoms with Crippen molar-refractivity contribution in [2.24, 2.45) is 0 Å². The van der Waals surface area contributed by atoms with E-state index in [-0.39, 0.29) is 13.0 Å². The summed E-state index contributed by atoms with van der Waals surface area (Å²) in [5.41, 5.74) is 3.68. The van der Waals surface area contributed by atoms with Crippen LogP contribution < -0.4 is 14.4 Å². The van der Waals surface area contributed by atoms with Gasteiger partial charge in [0.1, 0.15) is 13.2 Å². The van der Waals surface area contributed by atoms with E-state index < -0.39 is 18.5 Å². The summed E-state index contributed by atoms with van der Waals surface area (Å²) < 4.78 is 16.4. The Kier molecular flexibility index (Phi) is 6.58. The van der Waals surface area contributed by atoms with Gasteiger partial charge in [-0.25, -0.2) is 4.79 Å². The Morgan fingerprint density at radius 3 is 2.40 bits per heavy atom. The number of carbonyl (C=O) groups excluding carboxylic acids is 2. The molecule has 0 spiro atoms. The third-order valence-electron chi connectivity index (χ3n) is 4.79. The molecule has 1 aliphatic rings. The lowest BCUT2D eigenvalue weighted by Crippen LogP contribution is -2.35. The summed E-state index contributed by atoms with van der Waals surface area (Å²) in [5, 5.41) is 8.97. The van der Waals surface area contributed by atoms with Crippen molar-refractivity contribution < 1.29 is 23.8 Å². The first-order valence-corrected chi connectivity index (χ1v) is 9.72. The quantitative estimate of drug-likeness (QED) is 0.680. The molecule has 2 aromatic rings. The highest BCUT2D eigenvalue weighted by atomic mass is 16.6. The number of esters is 1. The third-order valence-corrected chi connectivity index (χ3v) is 4.79. The number of anilines is 1. The molecule has 0 aliphatic carbocycles. The predicted octanol–water partition coefficient (Wildman–Crippen LogP) is 3.49. The van der Waals surface area contributed by atoms with Gasteiger partial charge in [0.05, 0.1) is 18.1 Å². The van der Waals surface area contributed by atoms with E-state index in [9.17, 15) is 9.59 Å². The molecule has 1 aliphatic heterocycles. The van der Waals surface area contributed by atoms with Gasteiger partial charge in [0, 0.05) is 18.3 Å². The van der Waals surface area contributed by atoms with Crippen molar-refractivity contribution in [3.63, 3.8) is 0 Å². The number of amides is 1. The fourth-order valence-electron chi connectivity index (χ4n) is 3.54. The lowest BCUT2D eigenvalue weighted by atomic mass is 10.00. The summed E-state index contributed by atoms with van der Waals surface area (Å²) >= 11 is 0. The summed E-state index contributed by atoms with van der Waals surface area (Å²) in [5.74, 6) is 0.185. The van der Waals surface area contributed by atoms with E-state index in [4.69, 9.17) is 19.5 Å². The molecule has 0 radical (unpaired) electrons. The van der Waals surface area contributed by atoms with E-state index in [1.54, 1.807) is 18.2 Å². The Bertz CT molecular complexity index is 986. The van der Waals surface area contributed by atoms with Crippen LogP contribution in [0.2, 0.25) is 0 Å². The summed E-state index contributed by atoms with van der Waals surface area (Å²) in [6.45, 7) is 6.28. The Balaban J connectivity index is 1.75. The van der Waals surface area contributed by atoms with E-state index >= 15 is 0 Å². The maximum Gasteiger partial charge on any atom is 0.339 e. The molecule has 0 unspecified atom stereocenters. The van der Waals surface area contributed by atoms with Gasteiger partial charge in [0.25, 0.3) is 5.91 Å². The lowest BCUT2D eigenvalue weighted by molar-refractivity contribution is -0.121. The van der Waals surface area contributed by atoms with Crippen LogP contribution >= 0.6 is 0 Å². The van der Waals surface area contributed by atoms with Crippen LogP contribution in [0.3, 0.4) is 0 Å². The normalized spacial score (nSPS) is 12.1. The van der Waals surface area contributed by atoms with Crippen LogP contribution in [0.15, 0.2) is 30.3 Å². The van der Waals surface area contributed by atoms with Crippen molar-refractivity contribution in [2.75, 3.05) is 31.3 Å². The average Bonchev–Trinajstić information content (AvgIpc) is 2.71. The lowest BCUT2D eigenvalue weighted by Gasteiger charge is -2.24. The van der Waals surface area contributed by atoms with E-state index in [0.717, 1.165) is 16.7 Å². The van der Waals surface area contributed by atoms with E-state index in [0.29, 0.717) is 36.0 Å². The summed E-state index contributed by atoms with van der Waals surface area (Å²) in [6, 6.07) is 11.0. The fourth-order valence-corrected chi connectivity index (χ4v) is 3.54. The maximum atomic E-state index is 12.8. The number of nitrogens with zero attached hydrogens (tertiary/aromatic N) is 2. The van der Waals surface area contributed by atoms with Crippen molar-refractivity contribution in [1.82, 2.24) is 0 Å². The van der Waals surface area contributed by atoms with Crippen molar-refractivity contribution in [3.05, 3.63) is 52.6 Å². The number of ether oxygens (including phenoxy) is 3. The molecule has 0 bridgehead atoms. The van der Waals surface area contributed by atoms with Gasteiger partial charge < -0.3 is 19.1 Å². The second-order valence-corrected chi connectivity index (χ2v) is 7.13. The molecule has 1 heterocycles. The van der Waals surface area contributed by atoms with Crippen molar-refractivity contribution in [3.8, 4) is 17.6 Å². The molecule has 0 atom stereocenters. The van der Waals surface area contributed by atoms with Crippen LogP contribution in [0.4, 0.5) is 5.69 Å². The van der Waals surface area contributed by atoms with Gasteiger partial charge in [-0.1, -0.05) is 17.7 Å². The molecular weight excluding hydrogens is 384 g/mol. The molecule has 0 saturated carbocycles. The number of benzene rings is 2. The van der Waals surface area contributed by atoms with Crippen LogP contribution in [-0.2, 0) is 9.53 Å². The second-order valence-electron chi connectivity index (χ2n) is 7.13. The van der Waals surface area contributed by atoms with Gasteiger partial charge in [-0.05, 0) is 44.0 Å². The van der Waals surface area contributed by atoms with E-state index in [1.807, 2.05) is 39.0 Å². The van der Waals surface area contributed by atoms with Gasteiger partial charge in [-0.3, -0.25) is 4.79 Å². The number of aryl methyl sites for hydroxylation is 3. The zero-order valence-electron chi connectivity index (χ0n) is 17.4. The zero-order valence-corrected chi connectivity index (χ0v) is 17.4. The average molecular weight is 408 g/mol. The summed E-state index contributed by atoms with van der Waals surface area (Å²) in [4.78, 5) is 26.8. The van der Waals surface area contributed by atoms with Crippen LogP contribution in [0.1, 0.15) is 33.5 Å². The Morgan fingerprint density at radius 1 is 1.07 bits per heavy atom. The number of rotatable bonds is 6. The first-order valence-electron chi connectivity index (χ1n) is 9.72. The van der Waals surface area contributed by atoms with Crippen molar-refractivity contribution in [2.45, 2.75) is 27.2 Å². The highest BCUT2D eigenvalue weighted by Gasteiger charge is 2.22. The number of nitriles is 1. The second kappa shape index (κ2) is 9.31. The Labute approximate surface area is 175 Å². The first-order chi connectivity index (χ1) is 14.4. The van der Waals surface area contributed by atoms with Crippen LogP contribution in [0, 0.1) is 32.1 Å². The minimum absolute atomic E-state index is 0.143. The predicted molar refractivity (Wildman–Crippen MR) is 111 cm³/mol. The summed E-state index contributed by atoms with van der Waals surface area (Å²) in [7, 11) is 0. The van der Waals surface area contributed by atoms with Crippen LogP contribution in [0.25, 0.3) is 0 Å². The minimum atomic E-state index is -0.541. The van der Waals surface area contributed by atoms with Crippen LogP contribution in [0.5, 0.6) is 11.5 Å². The van der Waals surface area contributed by atoms with Crippen LogP contribution in [-0.4, -0.2) is 38.2 Å². The fraction of sp³-hybridized carbons (Fsp3) is 0.348. The monoisotopic (exact) mass is 408 g/mol. The molecule has 0 saturated heterocycles. The number of fused-ring (bicyclic) bond motifs is 1. The molecule has 0 aromatic heterocycles. The molecule has 0 fully saturated rings. The Hall–Kier alpha value is -3.53. The Morgan fingerprint density at radius 2 is 1.73 bits per heavy atom. The SMILES string of the molecule is Cc1cc(C)c(C(=O)OCC(=O)N(CCC#N)c2ccc3c(c2)OCCO3)c(C)c1. The topological polar surface area (TPSA) is 88.9 Å². The van der Waals surface area contributed by atoms with Gasteiger partial charge in [-0.15, -0.1) is 0 Å².